The Morgan fingerprint density at radius 2 is 1.72 bits per heavy atom. The fourth-order valence-electron chi connectivity index (χ4n) is 4.09. The Kier molecular flexibility index (Phi) is 6.38. The molecule has 0 spiro atoms. The van der Waals surface area contributed by atoms with Gasteiger partial charge in [-0.25, -0.2) is 0 Å². The first kappa shape index (κ1) is 21.1. The molecule has 0 bridgehead atoms. The van der Waals surface area contributed by atoms with Crippen LogP contribution in [0.2, 0.25) is 0 Å². The van der Waals surface area contributed by atoms with Gasteiger partial charge in [0, 0.05) is 18.7 Å². The van der Waals surface area contributed by atoms with Gasteiger partial charge in [0.15, 0.2) is 0 Å². The summed E-state index contributed by atoms with van der Waals surface area (Å²) in [6.07, 6.45) is 0.293. The third kappa shape index (κ3) is 4.67. The number of carbonyl (C=O) groups excluding carboxylic acids is 1. The second-order valence-corrected chi connectivity index (χ2v) is 8.44. The van der Waals surface area contributed by atoms with Gasteiger partial charge in [0.2, 0.25) is 0 Å². The molecule has 1 saturated heterocycles. The molecule has 0 radical (unpaired) electrons. The number of carboxylic acid groups (broad SMARTS) is 1. The molecule has 154 valence electrons. The SMILES string of the molecule is CC(C)Cc1ccc(C(=O)N2CC[C@](Cc3ccccc3)(C(=O)O)C(O)C2)cc1. The van der Waals surface area contributed by atoms with Crippen molar-refractivity contribution in [2.24, 2.45) is 11.3 Å². The average molecular weight is 395 g/mol. The third-order valence-corrected chi connectivity index (χ3v) is 5.78. The number of benzene rings is 2. The number of aliphatic carboxylic acids is 1. The van der Waals surface area contributed by atoms with Gasteiger partial charge in [0.05, 0.1) is 6.10 Å². The van der Waals surface area contributed by atoms with E-state index in [-0.39, 0.29) is 25.3 Å². The van der Waals surface area contributed by atoms with Crippen molar-refractivity contribution in [1.82, 2.24) is 4.90 Å². The first-order valence-corrected chi connectivity index (χ1v) is 10.2. The van der Waals surface area contributed by atoms with Crippen LogP contribution >= 0.6 is 0 Å². The van der Waals surface area contributed by atoms with Gasteiger partial charge in [0.1, 0.15) is 5.41 Å². The number of aliphatic hydroxyl groups is 1. The van der Waals surface area contributed by atoms with Gasteiger partial charge in [-0.1, -0.05) is 56.3 Å². The first-order chi connectivity index (χ1) is 13.8. The van der Waals surface area contributed by atoms with E-state index in [2.05, 4.69) is 13.8 Å². The highest BCUT2D eigenvalue weighted by Crippen LogP contribution is 2.36. The van der Waals surface area contributed by atoms with Gasteiger partial charge in [-0.15, -0.1) is 0 Å². The van der Waals surface area contributed by atoms with Crippen LogP contribution in [0, 0.1) is 11.3 Å². The zero-order valence-electron chi connectivity index (χ0n) is 17.0. The number of carbonyl (C=O) groups is 2. The summed E-state index contributed by atoms with van der Waals surface area (Å²) in [7, 11) is 0. The molecular weight excluding hydrogens is 366 g/mol. The number of nitrogens with zero attached hydrogens (tertiary/aromatic N) is 1. The molecule has 2 aromatic carbocycles. The van der Waals surface area contributed by atoms with Crippen molar-refractivity contribution in [2.75, 3.05) is 13.1 Å². The largest absolute Gasteiger partial charge is 0.481 e. The summed E-state index contributed by atoms with van der Waals surface area (Å²) in [5, 5.41) is 20.7. The number of hydrogen-bond donors (Lipinski definition) is 2. The molecule has 1 aliphatic rings. The van der Waals surface area contributed by atoms with Crippen molar-refractivity contribution < 1.29 is 19.8 Å². The van der Waals surface area contributed by atoms with Crippen LogP contribution in [0.4, 0.5) is 0 Å². The minimum Gasteiger partial charge on any atom is -0.481 e. The lowest BCUT2D eigenvalue weighted by molar-refractivity contribution is -0.161. The summed E-state index contributed by atoms with van der Waals surface area (Å²) in [6, 6.07) is 16.9. The molecule has 1 heterocycles. The Labute approximate surface area is 172 Å². The van der Waals surface area contributed by atoms with Crippen molar-refractivity contribution in [1.29, 1.82) is 0 Å². The molecule has 29 heavy (non-hydrogen) atoms. The molecule has 1 aliphatic heterocycles. The van der Waals surface area contributed by atoms with Crippen LogP contribution in [0.1, 0.15) is 41.8 Å². The van der Waals surface area contributed by atoms with Crippen LogP contribution in [-0.2, 0) is 17.6 Å². The third-order valence-electron chi connectivity index (χ3n) is 5.78. The molecule has 0 aliphatic carbocycles. The molecule has 2 aromatic rings. The normalized spacial score (nSPS) is 21.9. The lowest BCUT2D eigenvalue weighted by Crippen LogP contribution is -2.57. The summed E-state index contributed by atoms with van der Waals surface area (Å²) >= 11 is 0. The molecule has 5 heteroatoms. The number of aliphatic hydroxyl groups excluding tert-OH is 1. The van der Waals surface area contributed by atoms with E-state index < -0.39 is 17.5 Å². The van der Waals surface area contributed by atoms with E-state index >= 15 is 0 Å². The van der Waals surface area contributed by atoms with E-state index in [0.717, 1.165) is 12.0 Å². The minimum atomic E-state index is -1.28. The molecule has 0 aromatic heterocycles. The monoisotopic (exact) mass is 395 g/mol. The van der Waals surface area contributed by atoms with Gasteiger partial charge in [0.25, 0.3) is 5.91 Å². The van der Waals surface area contributed by atoms with Crippen LogP contribution < -0.4 is 0 Å². The summed E-state index contributed by atoms with van der Waals surface area (Å²) < 4.78 is 0. The standard InChI is InChI=1S/C24H29NO4/c1-17(2)14-18-8-10-20(11-9-18)22(27)25-13-12-24(23(28)29,21(26)16-25)15-19-6-4-3-5-7-19/h3-11,17,21,26H,12-16H2,1-2H3,(H,28,29)/t21?,24-/m1/s1. The maximum atomic E-state index is 12.9. The van der Waals surface area contributed by atoms with E-state index in [4.69, 9.17) is 0 Å². The Balaban J connectivity index is 1.72. The maximum Gasteiger partial charge on any atom is 0.312 e. The number of β-amino-alcohol motifs (C(OH)–C–C–N with tert-alkyl or cyclic N) is 1. The van der Waals surface area contributed by atoms with Crippen LogP contribution in [0.25, 0.3) is 0 Å². The highest BCUT2D eigenvalue weighted by Gasteiger charge is 2.49. The Hall–Kier alpha value is -2.66. The van der Waals surface area contributed by atoms with Gasteiger partial charge < -0.3 is 15.1 Å². The number of likely N-dealkylation sites (tertiary alicyclic amines) is 1. The molecule has 1 fully saturated rings. The predicted molar refractivity (Wildman–Crippen MR) is 112 cm³/mol. The Morgan fingerprint density at radius 3 is 2.28 bits per heavy atom. The molecule has 1 unspecified atom stereocenters. The molecule has 2 N–H and O–H groups in total. The van der Waals surface area contributed by atoms with E-state index in [1.165, 1.54) is 5.56 Å². The quantitative estimate of drug-likeness (QED) is 0.786. The zero-order chi connectivity index (χ0) is 21.0. The number of carboxylic acids is 1. The van der Waals surface area contributed by atoms with Gasteiger partial charge in [-0.05, 0) is 48.4 Å². The summed E-state index contributed by atoms with van der Waals surface area (Å²) in [6.45, 7) is 4.63. The lowest BCUT2D eigenvalue weighted by atomic mass is 9.71. The van der Waals surface area contributed by atoms with Crippen molar-refractivity contribution in [2.45, 2.75) is 39.2 Å². The van der Waals surface area contributed by atoms with Gasteiger partial charge in [-0.3, -0.25) is 9.59 Å². The average Bonchev–Trinajstić information content (AvgIpc) is 2.70. The molecule has 5 nitrogen and oxygen atoms in total. The van der Waals surface area contributed by atoms with Crippen molar-refractivity contribution in [3.8, 4) is 0 Å². The molecule has 2 atom stereocenters. The molecular formula is C24H29NO4. The van der Waals surface area contributed by atoms with Crippen LogP contribution in [0.5, 0.6) is 0 Å². The number of hydrogen-bond acceptors (Lipinski definition) is 3. The first-order valence-electron chi connectivity index (χ1n) is 10.2. The van der Waals surface area contributed by atoms with Crippen molar-refractivity contribution in [3.05, 3.63) is 71.3 Å². The van der Waals surface area contributed by atoms with Gasteiger partial charge >= 0.3 is 5.97 Å². The number of amides is 1. The highest BCUT2D eigenvalue weighted by atomic mass is 16.4. The topological polar surface area (TPSA) is 77.8 Å². The second-order valence-electron chi connectivity index (χ2n) is 8.44. The fraction of sp³-hybridized carbons (Fsp3) is 0.417. The number of piperidine rings is 1. The summed E-state index contributed by atoms with van der Waals surface area (Å²) in [4.78, 5) is 26.5. The van der Waals surface area contributed by atoms with E-state index in [0.29, 0.717) is 18.0 Å². The molecule has 0 saturated carbocycles. The van der Waals surface area contributed by atoms with Crippen LogP contribution in [0.15, 0.2) is 54.6 Å². The Bertz CT molecular complexity index is 847. The van der Waals surface area contributed by atoms with Crippen molar-refractivity contribution >= 4 is 11.9 Å². The van der Waals surface area contributed by atoms with E-state index in [9.17, 15) is 19.8 Å². The maximum absolute atomic E-state index is 12.9. The highest BCUT2D eigenvalue weighted by molar-refractivity contribution is 5.94. The Morgan fingerprint density at radius 1 is 1.07 bits per heavy atom. The minimum absolute atomic E-state index is 0.0196. The van der Waals surface area contributed by atoms with Crippen LogP contribution in [-0.4, -0.2) is 46.2 Å². The molecule has 1 amide bonds. The smallest absolute Gasteiger partial charge is 0.312 e. The van der Waals surface area contributed by atoms with Crippen molar-refractivity contribution in [3.63, 3.8) is 0 Å². The summed E-state index contributed by atoms with van der Waals surface area (Å²) in [5.41, 5.74) is 1.34. The van der Waals surface area contributed by atoms with Gasteiger partial charge in [-0.2, -0.15) is 0 Å². The summed E-state index contributed by atoms with van der Waals surface area (Å²) in [5.74, 6) is -0.639. The second kappa shape index (κ2) is 8.78. The predicted octanol–water partition coefficient (Wildman–Crippen LogP) is 3.41. The molecule has 3 rings (SSSR count). The lowest BCUT2D eigenvalue weighted by Gasteiger charge is -2.43. The van der Waals surface area contributed by atoms with E-state index in [1.54, 1.807) is 4.90 Å². The van der Waals surface area contributed by atoms with Crippen LogP contribution in [0.3, 0.4) is 0 Å². The number of rotatable bonds is 6. The van der Waals surface area contributed by atoms with E-state index in [1.807, 2.05) is 54.6 Å². The fourth-order valence-corrected chi connectivity index (χ4v) is 4.09. The zero-order valence-corrected chi connectivity index (χ0v) is 17.0.